The zero-order valence-electron chi connectivity index (χ0n) is 8.74. The lowest BCUT2D eigenvalue weighted by atomic mass is 10.2. The molecule has 0 amide bonds. The maximum Gasteiger partial charge on any atom is 0.157 e. The lowest BCUT2D eigenvalue weighted by Gasteiger charge is -2.27. The summed E-state index contributed by atoms with van der Waals surface area (Å²) in [5.41, 5.74) is 1.03. The second-order valence-electron chi connectivity index (χ2n) is 3.75. The number of halogens is 2. The summed E-state index contributed by atoms with van der Waals surface area (Å²) in [7, 11) is 0. The van der Waals surface area contributed by atoms with E-state index in [9.17, 15) is 0 Å². The van der Waals surface area contributed by atoms with Gasteiger partial charge in [-0.15, -0.1) is 11.3 Å². The molecule has 3 rings (SSSR count). The van der Waals surface area contributed by atoms with E-state index in [0.717, 1.165) is 31.7 Å². The summed E-state index contributed by atoms with van der Waals surface area (Å²) in [5.74, 6) is 0.869. The van der Waals surface area contributed by atoms with Gasteiger partial charge < -0.3 is 10.1 Å². The maximum atomic E-state index is 6.00. The lowest BCUT2D eigenvalue weighted by Crippen LogP contribution is -2.22. The SMILES string of the molecule is Clc1ccc(C2CNc3cccc(Br)c3O2)s1. The van der Waals surface area contributed by atoms with E-state index in [0.29, 0.717) is 0 Å². The highest BCUT2D eigenvalue weighted by Gasteiger charge is 2.23. The minimum Gasteiger partial charge on any atom is -0.480 e. The zero-order chi connectivity index (χ0) is 11.8. The fraction of sp³-hybridized carbons (Fsp3) is 0.167. The van der Waals surface area contributed by atoms with Gasteiger partial charge in [0.2, 0.25) is 0 Å². The molecule has 1 aliphatic rings. The number of thiophene rings is 1. The topological polar surface area (TPSA) is 21.3 Å². The van der Waals surface area contributed by atoms with Gasteiger partial charge >= 0.3 is 0 Å². The van der Waals surface area contributed by atoms with Gasteiger partial charge in [-0.05, 0) is 40.2 Å². The number of ether oxygens (including phenoxy) is 1. The average Bonchev–Trinajstić information content (AvgIpc) is 2.76. The van der Waals surface area contributed by atoms with Crippen molar-refractivity contribution in [2.75, 3.05) is 11.9 Å². The van der Waals surface area contributed by atoms with Crippen molar-refractivity contribution in [3.05, 3.63) is 44.0 Å². The van der Waals surface area contributed by atoms with Crippen LogP contribution in [0.25, 0.3) is 0 Å². The Bertz CT molecular complexity index is 557. The van der Waals surface area contributed by atoms with E-state index in [-0.39, 0.29) is 6.10 Å². The summed E-state index contributed by atoms with van der Waals surface area (Å²) in [4.78, 5) is 1.14. The van der Waals surface area contributed by atoms with Crippen LogP contribution in [0.5, 0.6) is 5.75 Å². The number of nitrogens with one attached hydrogen (secondary N) is 1. The number of rotatable bonds is 1. The van der Waals surface area contributed by atoms with Crippen LogP contribution in [0.1, 0.15) is 11.0 Å². The van der Waals surface area contributed by atoms with Crippen LogP contribution in [-0.4, -0.2) is 6.54 Å². The predicted molar refractivity (Wildman–Crippen MR) is 75.3 cm³/mol. The zero-order valence-corrected chi connectivity index (χ0v) is 11.9. The Morgan fingerprint density at radius 1 is 1.35 bits per heavy atom. The molecule has 0 saturated heterocycles. The standard InChI is InChI=1S/C12H9BrClNOS/c13-7-2-1-3-8-12(7)16-9(6-15-8)10-4-5-11(14)17-10/h1-5,9,15H,6H2. The van der Waals surface area contributed by atoms with Gasteiger partial charge in [0.1, 0.15) is 0 Å². The van der Waals surface area contributed by atoms with Crippen LogP contribution >= 0.6 is 38.9 Å². The second-order valence-corrected chi connectivity index (χ2v) is 6.35. The van der Waals surface area contributed by atoms with Gasteiger partial charge in [0.05, 0.1) is 21.0 Å². The molecule has 1 aliphatic heterocycles. The number of hydrogen-bond donors (Lipinski definition) is 1. The van der Waals surface area contributed by atoms with Crippen LogP contribution in [0.4, 0.5) is 5.69 Å². The molecule has 88 valence electrons. The Morgan fingerprint density at radius 2 is 2.24 bits per heavy atom. The first-order chi connectivity index (χ1) is 8.24. The molecule has 1 N–H and O–H groups in total. The largest absolute Gasteiger partial charge is 0.480 e. The highest BCUT2D eigenvalue weighted by atomic mass is 79.9. The Hall–Kier alpha value is -0.710. The molecule has 5 heteroatoms. The van der Waals surface area contributed by atoms with E-state index in [1.807, 2.05) is 30.3 Å². The van der Waals surface area contributed by atoms with E-state index in [1.165, 1.54) is 0 Å². The van der Waals surface area contributed by atoms with Gasteiger partial charge in [-0.1, -0.05) is 17.7 Å². The lowest BCUT2D eigenvalue weighted by molar-refractivity contribution is 0.213. The first kappa shape index (κ1) is 11.4. The number of para-hydroxylation sites is 1. The molecule has 1 atom stereocenters. The molecule has 0 fully saturated rings. The van der Waals surface area contributed by atoms with Crippen LogP contribution in [0.2, 0.25) is 4.34 Å². The second kappa shape index (κ2) is 4.52. The monoisotopic (exact) mass is 329 g/mol. The molecule has 0 aliphatic carbocycles. The van der Waals surface area contributed by atoms with E-state index in [4.69, 9.17) is 16.3 Å². The molecule has 1 aromatic carbocycles. The van der Waals surface area contributed by atoms with Crippen molar-refractivity contribution in [1.29, 1.82) is 0 Å². The summed E-state index contributed by atoms with van der Waals surface area (Å²) in [6.07, 6.45) is 0.0266. The van der Waals surface area contributed by atoms with Crippen LogP contribution in [0, 0.1) is 0 Å². The summed E-state index contributed by atoms with van der Waals surface area (Å²) < 4.78 is 7.77. The molecule has 1 aromatic heterocycles. The van der Waals surface area contributed by atoms with E-state index >= 15 is 0 Å². The third-order valence-electron chi connectivity index (χ3n) is 2.62. The Morgan fingerprint density at radius 3 is 3.00 bits per heavy atom. The van der Waals surface area contributed by atoms with Crippen molar-refractivity contribution < 1.29 is 4.74 Å². The quantitative estimate of drug-likeness (QED) is 0.817. The molecule has 2 heterocycles. The maximum absolute atomic E-state index is 6.00. The molecular formula is C12H9BrClNOS. The Kier molecular flexibility index (Phi) is 3.03. The molecule has 17 heavy (non-hydrogen) atoms. The third-order valence-corrected chi connectivity index (χ3v) is 4.56. The van der Waals surface area contributed by atoms with Crippen molar-refractivity contribution in [1.82, 2.24) is 0 Å². The molecule has 2 aromatic rings. The Labute approximate surface area is 117 Å². The van der Waals surface area contributed by atoms with Crippen molar-refractivity contribution in [3.63, 3.8) is 0 Å². The molecule has 0 radical (unpaired) electrons. The van der Waals surface area contributed by atoms with Crippen molar-refractivity contribution in [3.8, 4) is 5.75 Å². The van der Waals surface area contributed by atoms with Crippen LogP contribution in [0.15, 0.2) is 34.8 Å². The number of benzene rings is 1. The van der Waals surface area contributed by atoms with Gasteiger partial charge in [-0.2, -0.15) is 0 Å². The van der Waals surface area contributed by atoms with Gasteiger partial charge in [-0.3, -0.25) is 0 Å². The van der Waals surface area contributed by atoms with Crippen LogP contribution in [-0.2, 0) is 0 Å². The third kappa shape index (κ3) is 2.17. The summed E-state index contributed by atoms with van der Waals surface area (Å²) in [6, 6.07) is 9.89. The summed E-state index contributed by atoms with van der Waals surface area (Å²) in [5, 5.41) is 3.37. The minimum atomic E-state index is 0.0266. The van der Waals surface area contributed by atoms with Crippen LogP contribution in [0.3, 0.4) is 0 Å². The number of fused-ring (bicyclic) bond motifs is 1. The van der Waals surface area contributed by atoms with Crippen LogP contribution < -0.4 is 10.1 Å². The summed E-state index contributed by atoms with van der Waals surface area (Å²) >= 11 is 11.0. The minimum absolute atomic E-state index is 0.0266. The Balaban J connectivity index is 1.92. The van der Waals surface area contributed by atoms with E-state index in [1.54, 1.807) is 11.3 Å². The normalized spacial score (nSPS) is 18.1. The van der Waals surface area contributed by atoms with Gasteiger partial charge in [-0.25, -0.2) is 0 Å². The molecule has 0 saturated carbocycles. The first-order valence-electron chi connectivity index (χ1n) is 5.18. The highest BCUT2D eigenvalue weighted by Crippen LogP contribution is 2.41. The highest BCUT2D eigenvalue weighted by molar-refractivity contribution is 9.10. The smallest absolute Gasteiger partial charge is 0.157 e. The molecule has 1 unspecified atom stereocenters. The fourth-order valence-corrected chi connectivity index (χ4v) is 3.36. The fourth-order valence-electron chi connectivity index (χ4n) is 1.81. The number of hydrogen-bond acceptors (Lipinski definition) is 3. The molecule has 2 nitrogen and oxygen atoms in total. The summed E-state index contributed by atoms with van der Waals surface area (Å²) in [6.45, 7) is 0.764. The van der Waals surface area contributed by atoms with Crippen molar-refractivity contribution in [2.45, 2.75) is 6.10 Å². The van der Waals surface area contributed by atoms with E-state index in [2.05, 4.69) is 21.2 Å². The first-order valence-corrected chi connectivity index (χ1v) is 7.17. The molecule has 0 spiro atoms. The average molecular weight is 331 g/mol. The number of anilines is 1. The molecular weight excluding hydrogens is 322 g/mol. The van der Waals surface area contributed by atoms with Gasteiger partial charge in [0, 0.05) is 4.88 Å². The van der Waals surface area contributed by atoms with Crippen molar-refractivity contribution >= 4 is 44.6 Å². The molecule has 0 bridgehead atoms. The van der Waals surface area contributed by atoms with Gasteiger partial charge in [0.15, 0.2) is 11.9 Å². The van der Waals surface area contributed by atoms with E-state index < -0.39 is 0 Å². The van der Waals surface area contributed by atoms with Crippen molar-refractivity contribution in [2.24, 2.45) is 0 Å². The van der Waals surface area contributed by atoms with Gasteiger partial charge in [0.25, 0.3) is 0 Å². The predicted octanol–water partition coefficient (Wildman–Crippen LogP) is 4.71.